The number of carbonyl (C=O) groups excluding carboxylic acids is 1. The summed E-state index contributed by atoms with van der Waals surface area (Å²) in [6.45, 7) is 3.62. The van der Waals surface area contributed by atoms with E-state index in [1.165, 1.54) is 29.2 Å². The molecule has 0 aliphatic carbocycles. The summed E-state index contributed by atoms with van der Waals surface area (Å²) in [5, 5.41) is 5.18. The van der Waals surface area contributed by atoms with Gasteiger partial charge in [-0.1, -0.05) is 11.8 Å². The monoisotopic (exact) mass is 310 g/mol. The minimum absolute atomic E-state index is 0.172. The van der Waals surface area contributed by atoms with Crippen LogP contribution in [0.5, 0.6) is 0 Å². The van der Waals surface area contributed by atoms with Gasteiger partial charge in [0.2, 0.25) is 5.91 Å². The number of aromatic nitrogens is 3. The van der Waals surface area contributed by atoms with Crippen LogP contribution in [0.2, 0.25) is 0 Å². The van der Waals surface area contributed by atoms with E-state index in [1.807, 2.05) is 12.3 Å². The van der Waals surface area contributed by atoms with E-state index in [9.17, 15) is 4.79 Å². The second-order valence-electron chi connectivity index (χ2n) is 4.04. The Balaban J connectivity index is 2.00. The highest BCUT2D eigenvalue weighted by molar-refractivity contribution is 8.00. The zero-order valence-corrected chi connectivity index (χ0v) is 12.6. The first-order valence-corrected chi connectivity index (χ1v) is 7.49. The van der Waals surface area contributed by atoms with Gasteiger partial charge < -0.3 is 16.8 Å². The number of rotatable bonds is 4. The van der Waals surface area contributed by atoms with Crippen molar-refractivity contribution in [2.45, 2.75) is 24.3 Å². The molecule has 20 heavy (non-hydrogen) atoms. The van der Waals surface area contributed by atoms with Gasteiger partial charge in [-0.25, -0.2) is 15.0 Å². The van der Waals surface area contributed by atoms with E-state index in [4.69, 9.17) is 11.5 Å². The molecule has 0 aromatic carbocycles. The fraction of sp³-hybridized carbons (Fsp3) is 0.273. The third-order valence-corrected chi connectivity index (χ3v) is 4.08. The Kier molecular flexibility index (Phi) is 4.40. The van der Waals surface area contributed by atoms with Gasteiger partial charge in [-0.3, -0.25) is 4.79 Å². The van der Waals surface area contributed by atoms with Gasteiger partial charge in [0.05, 0.1) is 10.9 Å². The summed E-state index contributed by atoms with van der Waals surface area (Å²) >= 11 is 2.57. The maximum atomic E-state index is 12.0. The molecule has 0 spiro atoms. The number of nitrogens with one attached hydrogen (secondary N) is 1. The maximum Gasteiger partial charge on any atom is 0.239 e. The largest absolute Gasteiger partial charge is 0.383 e. The Morgan fingerprint density at radius 2 is 2.00 bits per heavy atom. The number of thioether (sulfide) groups is 1. The highest BCUT2D eigenvalue weighted by Gasteiger charge is 2.17. The number of thiazole rings is 1. The van der Waals surface area contributed by atoms with Gasteiger partial charge in [0.25, 0.3) is 0 Å². The van der Waals surface area contributed by atoms with E-state index in [1.54, 1.807) is 6.92 Å². The van der Waals surface area contributed by atoms with Crippen LogP contribution in [0.25, 0.3) is 0 Å². The number of carbonyl (C=O) groups is 1. The first-order chi connectivity index (χ1) is 9.44. The summed E-state index contributed by atoms with van der Waals surface area (Å²) in [6, 6.07) is 1.47. The van der Waals surface area contributed by atoms with Crippen LogP contribution < -0.4 is 16.8 Å². The van der Waals surface area contributed by atoms with Gasteiger partial charge in [0, 0.05) is 11.4 Å². The normalized spacial score (nSPS) is 12.1. The smallest absolute Gasteiger partial charge is 0.239 e. The average Bonchev–Trinajstić information content (AvgIpc) is 2.73. The zero-order valence-electron chi connectivity index (χ0n) is 11.0. The average molecular weight is 310 g/mol. The number of hydrogen-bond acceptors (Lipinski definition) is 8. The highest BCUT2D eigenvalue weighted by Crippen LogP contribution is 2.23. The molecule has 0 aliphatic rings. The SMILES string of the molecule is Cc1csc(NC(=O)C(C)Sc2nc(N)cc(N)n2)n1. The number of nitrogens with two attached hydrogens (primary N) is 2. The Morgan fingerprint density at radius 1 is 1.35 bits per heavy atom. The van der Waals surface area contributed by atoms with Crippen molar-refractivity contribution >= 4 is 45.8 Å². The van der Waals surface area contributed by atoms with Crippen molar-refractivity contribution < 1.29 is 4.79 Å². The predicted molar refractivity (Wildman–Crippen MR) is 81.7 cm³/mol. The quantitative estimate of drug-likeness (QED) is 0.578. The summed E-state index contributed by atoms with van der Waals surface area (Å²) in [5.41, 5.74) is 12.0. The van der Waals surface area contributed by atoms with Crippen molar-refractivity contribution in [2.24, 2.45) is 0 Å². The van der Waals surface area contributed by atoms with Crippen LogP contribution in [-0.2, 0) is 4.79 Å². The van der Waals surface area contributed by atoms with Crippen molar-refractivity contribution in [1.82, 2.24) is 15.0 Å². The molecule has 1 amide bonds. The molecule has 2 aromatic heterocycles. The molecule has 0 fully saturated rings. The molecule has 2 aromatic rings. The lowest BCUT2D eigenvalue weighted by Gasteiger charge is -2.09. The molecule has 0 aliphatic heterocycles. The van der Waals surface area contributed by atoms with Gasteiger partial charge >= 0.3 is 0 Å². The van der Waals surface area contributed by atoms with Crippen LogP contribution in [0.3, 0.4) is 0 Å². The maximum absolute atomic E-state index is 12.0. The minimum atomic E-state index is -0.389. The molecule has 2 heterocycles. The van der Waals surface area contributed by atoms with E-state index < -0.39 is 0 Å². The highest BCUT2D eigenvalue weighted by atomic mass is 32.2. The van der Waals surface area contributed by atoms with Crippen LogP contribution in [-0.4, -0.2) is 26.1 Å². The minimum Gasteiger partial charge on any atom is -0.383 e. The molecule has 0 bridgehead atoms. The summed E-state index contributed by atoms with van der Waals surface area (Å²) in [7, 11) is 0. The van der Waals surface area contributed by atoms with E-state index in [0.29, 0.717) is 10.3 Å². The number of anilines is 3. The van der Waals surface area contributed by atoms with Crippen molar-refractivity contribution in [1.29, 1.82) is 0 Å². The number of nitrogen functional groups attached to an aromatic ring is 2. The van der Waals surface area contributed by atoms with Crippen LogP contribution in [0.4, 0.5) is 16.8 Å². The summed E-state index contributed by atoms with van der Waals surface area (Å²) in [6.07, 6.45) is 0. The van der Waals surface area contributed by atoms with Crippen LogP contribution in [0, 0.1) is 6.92 Å². The molecule has 2 rings (SSSR count). The fourth-order valence-corrected chi connectivity index (χ4v) is 2.83. The Bertz CT molecular complexity index is 609. The van der Waals surface area contributed by atoms with Gasteiger partial charge in [-0.15, -0.1) is 11.3 Å². The summed E-state index contributed by atoms with van der Waals surface area (Å²) < 4.78 is 0. The van der Waals surface area contributed by atoms with Crippen molar-refractivity contribution in [3.63, 3.8) is 0 Å². The number of hydrogen-bond donors (Lipinski definition) is 3. The zero-order chi connectivity index (χ0) is 14.7. The van der Waals surface area contributed by atoms with Crippen molar-refractivity contribution in [3.05, 3.63) is 17.1 Å². The van der Waals surface area contributed by atoms with Crippen LogP contribution in [0.15, 0.2) is 16.6 Å². The molecular formula is C11H14N6OS2. The van der Waals surface area contributed by atoms with Gasteiger partial charge in [-0.05, 0) is 13.8 Å². The predicted octanol–water partition coefficient (Wildman–Crippen LogP) is 1.53. The first-order valence-electron chi connectivity index (χ1n) is 5.73. The third kappa shape index (κ3) is 3.81. The molecule has 1 unspecified atom stereocenters. The Labute approximate surface area is 124 Å². The van der Waals surface area contributed by atoms with Gasteiger partial charge in [0.1, 0.15) is 11.6 Å². The summed E-state index contributed by atoms with van der Waals surface area (Å²) in [4.78, 5) is 24.2. The number of nitrogens with zero attached hydrogens (tertiary/aromatic N) is 3. The standard InChI is InChI=1S/C11H14N6OS2/c1-5-4-19-10(14-5)17-9(18)6(2)20-11-15-7(12)3-8(13)16-11/h3-4,6H,1-2H3,(H,14,17,18)(H4,12,13,15,16). The van der Waals surface area contributed by atoms with E-state index >= 15 is 0 Å². The van der Waals surface area contributed by atoms with Crippen LogP contribution >= 0.6 is 23.1 Å². The molecule has 0 radical (unpaired) electrons. The van der Waals surface area contributed by atoms with Crippen LogP contribution in [0.1, 0.15) is 12.6 Å². The lowest BCUT2D eigenvalue weighted by molar-refractivity contribution is -0.115. The Hall–Kier alpha value is -1.87. The van der Waals surface area contributed by atoms with Gasteiger partial charge in [-0.2, -0.15) is 0 Å². The molecule has 106 valence electrons. The fourth-order valence-electron chi connectivity index (χ4n) is 1.34. The number of amides is 1. The van der Waals surface area contributed by atoms with Crippen molar-refractivity contribution in [2.75, 3.05) is 16.8 Å². The Morgan fingerprint density at radius 3 is 2.55 bits per heavy atom. The van der Waals surface area contributed by atoms with E-state index in [0.717, 1.165) is 5.69 Å². The molecule has 1 atom stereocenters. The first kappa shape index (κ1) is 14.5. The van der Waals surface area contributed by atoms with E-state index in [-0.39, 0.29) is 22.8 Å². The number of aryl methyl sites for hydroxylation is 1. The van der Waals surface area contributed by atoms with E-state index in [2.05, 4.69) is 20.3 Å². The molecular weight excluding hydrogens is 296 g/mol. The lowest BCUT2D eigenvalue weighted by Crippen LogP contribution is -2.22. The molecule has 0 saturated carbocycles. The lowest BCUT2D eigenvalue weighted by atomic mass is 10.4. The molecule has 5 N–H and O–H groups in total. The van der Waals surface area contributed by atoms with Crippen molar-refractivity contribution in [3.8, 4) is 0 Å². The molecule has 0 saturated heterocycles. The topological polar surface area (TPSA) is 120 Å². The van der Waals surface area contributed by atoms with Gasteiger partial charge in [0.15, 0.2) is 10.3 Å². The third-order valence-electron chi connectivity index (χ3n) is 2.25. The molecule has 7 nitrogen and oxygen atoms in total. The summed E-state index contributed by atoms with van der Waals surface area (Å²) in [5.74, 6) is 0.389. The molecule has 9 heteroatoms. The second kappa shape index (κ2) is 6.06. The second-order valence-corrected chi connectivity index (χ2v) is 6.21.